The zero-order chi connectivity index (χ0) is 11.4. The summed E-state index contributed by atoms with van der Waals surface area (Å²) in [6.07, 6.45) is 2.72. The van der Waals surface area contributed by atoms with Crippen molar-refractivity contribution in [1.29, 1.82) is 0 Å². The van der Waals surface area contributed by atoms with Gasteiger partial charge in [0.2, 0.25) is 0 Å². The summed E-state index contributed by atoms with van der Waals surface area (Å²) < 4.78 is 5.52. The van der Waals surface area contributed by atoms with Crippen molar-refractivity contribution in [2.24, 2.45) is 0 Å². The van der Waals surface area contributed by atoms with E-state index in [0.717, 1.165) is 31.7 Å². The zero-order valence-corrected chi connectivity index (χ0v) is 10.5. The SMILES string of the molecule is Clc1ccc(CNCC2CCCO2)cc1Cl. The molecule has 0 bridgehead atoms. The largest absolute Gasteiger partial charge is 0.377 e. The number of benzene rings is 1. The fourth-order valence-electron chi connectivity index (χ4n) is 1.83. The smallest absolute Gasteiger partial charge is 0.0700 e. The van der Waals surface area contributed by atoms with Crippen molar-refractivity contribution < 1.29 is 4.74 Å². The Balaban J connectivity index is 1.78. The van der Waals surface area contributed by atoms with E-state index in [2.05, 4.69) is 5.32 Å². The molecule has 0 aliphatic carbocycles. The number of nitrogens with one attached hydrogen (secondary N) is 1. The number of hydrogen-bond donors (Lipinski definition) is 1. The van der Waals surface area contributed by atoms with Crippen molar-refractivity contribution in [1.82, 2.24) is 5.32 Å². The van der Waals surface area contributed by atoms with Crippen LogP contribution in [0.25, 0.3) is 0 Å². The maximum absolute atomic E-state index is 5.94. The van der Waals surface area contributed by atoms with Gasteiger partial charge in [0.25, 0.3) is 0 Å². The Labute approximate surface area is 106 Å². The highest BCUT2D eigenvalue weighted by molar-refractivity contribution is 6.42. The monoisotopic (exact) mass is 259 g/mol. The van der Waals surface area contributed by atoms with Crippen molar-refractivity contribution in [2.75, 3.05) is 13.2 Å². The lowest BCUT2D eigenvalue weighted by Crippen LogP contribution is -2.25. The molecule has 0 spiro atoms. The van der Waals surface area contributed by atoms with Gasteiger partial charge in [-0.1, -0.05) is 29.3 Å². The molecule has 4 heteroatoms. The van der Waals surface area contributed by atoms with Crippen LogP contribution in [-0.2, 0) is 11.3 Å². The fraction of sp³-hybridized carbons (Fsp3) is 0.500. The van der Waals surface area contributed by atoms with Gasteiger partial charge in [-0.2, -0.15) is 0 Å². The van der Waals surface area contributed by atoms with E-state index in [-0.39, 0.29) is 0 Å². The summed E-state index contributed by atoms with van der Waals surface area (Å²) in [6.45, 7) is 2.61. The molecule has 0 radical (unpaired) electrons. The molecule has 0 amide bonds. The molecule has 1 saturated heterocycles. The first-order chi connectivity index (χ1) is 7.75. The Hall–Kier alpha value is -0.280. The van der Waals surface area contributed by atoms with Crippen LogP contribution in [0.2, 0.25) is 10.0 Å². The van der Waals surface area contributed by atoms with Gasteiger partial charge in [-0.05, 0) is 30.5 Å². The molecule has 1 aromatic carbocycles. The van der Waals surface area contributed by atoms with Crippen LogP contribution in [0.3, 0.4) is 0 Å². The second-order valence-corrected chi connectivity index (χ2v) is 4.83. The maximum atomic E-state index is 5.94. The molecule has 1 heterocycles. The van der Waals surface area contributed by atoms with Gasteiger partial charge >= 0.3 is 0 Å². The zero-order valence-electron chi connectivity index (χ0n) is 9.01. The third kappa shape index (κ3) is 3.36. The minimum Gasteiger partial charge on any atom is -0.377 e. The molecule has 2 rings (SSSR count). The molecule has 1 N–H and O–H groups in total. The van der Waals surface area contributed by atoms with E-state index in [1.54, 1.807) is 0 Å². The summed E-state index contributed by atoms with van der Waals surface area (Å²) in [7, 11) is 0. The molecule has 88 valence electrons. The lowest BCUT2D eigenvalue weighted by molar-refractivity contribution is 0.110. The maximum Gasteiger partial charge on any atom is 0.0700 e. The fourth-order valence-corrected chi connectivity index (χ4v) is 2.15. The summed E-state index contributed by atoms with van der Waals surface area (Å²) >= 11 is 11.8. The first-order valence-corrected chi connectivity index (χ1v) is 6.27. The molecule has 2 nitrogen and oxygen atoms in total. The van der Waals surface area contributed by atoms with Crippen LogP contribution in [0.1, 0.15) is 18.4 Å². The van der Waals surface area contributed by atoms with Crippen LogP contribution in [0.5, 0.6) is 0 Å². The normalized spacial score (nSPS) is 20.2. The minimum atomic E-state index is 0.378. The molecule has 1 aromatic rings. The molecule has 1 unspecified atom stereocenters. The molecule has 16 heavy (non-hydrogen) atoms. The predicted molar refractivity (Wildman–Crippen MR) is 67.1 cm³/mol. The highest BCUT2D eigenvalue weighted by atomic mass is 35.5. The second-order valence-electron chi connectivity index (χ2n) is 4.01. The quantitative estimate of drug-likeness (QED) is 0.897. The van der Waals surface area contributed by atoms with E-state index in [0.29, 0.717) is 16.1 Å². The highest BCUT2D eigenvalue weighted by Crippen LogP contribution is 2.22. The van der Waals surface area contributed by atoms with E-state index in [9.17, 15) is 0 Å². The number of rotatable bonds is 4. The molecule has 0 aromatic heterocycles. The van der Waals surface area contributed by atoms with Gasteiger partial charge in [-0.3, -0.25) is 0 Å². The van der Waals surface area contributed by atoms with E-state index in [4.69, 9.17) is 27.9 Å². The summed E-state index contributed by atoms with van der Waals surface area (Å²) in [6, 6.07) is 5.70. The van der Waals surface area contributed by atoms with Crippen LogP contribution in [0.15, 0.2) is 18.2 Å². The van der Waals surface area contributed by atoms with Crippen molar-refractivity contribution in [3.8, 4) is 0 Å². The van der Waals surface area contributed by atoms with Crippen LogP contribution < -0.4 is 5.32 Å². The lowest BCUT2D eigenvalue weighted by atomic mass is 10.2. The van der Waals surface area contributed by atoms with Crippen molar-refractivity contribution >= 4 is 23.2 Å². The standard InChI is InChI=1S/C12H15Cl2NO/c13-11-4-3-9(6-12(11)14)7-15-8-10-2-1-5-16-10/h3-4,6,10,15H,1-2,5,7-8H2. The number of hydrogen-bond acceptors (Lipinski definition) is 2. The lowest BCUT2D eigenvalue weighted by Gasteiger charge is -2.10. The first-order valence-electron chi connectivity index (χ1n) is 5.52. The van der Waals surface area contributed by atoms with E-state index in [1.165, 1.54) is 6.42 Å². The van der Waals surface area contributed by atoms with Gasteiger partial charge in [0.15, 0.2) is 0 Å². The van der Waals surface area contributed by atoms with Crippen molar-refractivity contribution in [3.63, 3.8) is 0 Å². The summed E-state index contributed by atoms with van der Waals surface area (Å²) in [4.78, 5) is 0. The Morgan fingerprint density at radius 1 is 1.31 bits per heavy atom. The summed E-state index contributed by atoms with van der Waals surface area (Å²) in [5.74, 6) is 0. The predicted octanol–water partition coefficient (Wildman–Crippen LogP) is 3.26. The molecule has 1 atom stereocenters. The Morgan fingerprint density at radius 3 is 2.88 bits per heavy atom. The summed E-state index contributed by atoms with van der Waals surface area (Å²) in [5.41, 5.74) is 1.15. The Bertz CT molecular complexity index is 351. The third-order valence-corrected chi connectivity index (χ3v) is 3.45. The minimum absolute atomic E-state index is 0.378. The topological polar surface area (TPSA) is 21.3 Å². The van der Waals surface area contributed by atoms with E-state index >= 15 is 0 Å². The van der Waals surface area contributed by atoms with Gasteiger partial charge in [0.1, 0.15) is 0 Å². The van der Waals surface area contributed by atoms with Crippen LogP contribution >= 0.6 is 23.2 Å². The van der Waals surface area contributed by atoms with Gasteiger partial charge in [-0.15, -0.1) is 0 Å². The molecular weight excluding hydrogens is 245 g/mol. The number of halogens is 2. The van der Waals surface area contributed by atoms with Crippen LogP contribution in [0.4, 0.5) is 0 Å². The van der Waals surface area contributed by atoms with Crippen LogP contribution in [0, 0.1) is 0 Å². The molecule has 1 aliphatic heterocycles. The molecule has 1 fully saturated rings. The first kappa shape index (κ1) is 12.2. The van der Waals surface area contributed by atoms with E-state index in [1.807, 2.05) is 18.2 Å². The summed E-state index contributed by atoms with van der Waals surface area (Å²) in [5, 5.41) is 4.57. The Kier molecular flexibility index (Phi) is 4.47. The number of ether oxygens (including phenoxy) is 1. The van der Waals surface area contributed by atoms with Crippen molar-refractivity contribution in [3.05, 3.63) is 33.8 Å². The second kappa shape index (κ2) is 5.87. The van der Waals surface area contributed by atoms with Gasteiger partial charge < -0.3 is 10.1 Å². The van der Waals surface area contributed by atoms with Gasteiger partial charge in [0, 0.05) is 19.7 Å². The van der Waals surface area contributed by atoms with Crippen molar-refractivity contribution in [2.45, 2.75) is 25.5 Å². The Morgan fingerprint density at radius 2 is 2.19 bits per heavy atom. The highest BCUT2D eigenvalue weighted by Gasteiger charge is 2.14. The van der Waals surface area contributed by atoms with E-state index < -0.39 is 0 Å². The van der Waals surface area contributed by atoms with Gasteiger partial charge in [-0.25, -0.2) is 0 Å². The molecule has 0 saturated carbocycles. The van der Waals surface area contributed by atoms with Gasteiger partial charge in [0.05, 0.1) is 16.1 Å². The average molecular weight is 260 g/mol. The third-order valence-electron chi connectivity index (χ3n) is 2.71. The average Bonchev–Trinajstić information content (AvgIpc) is 2.76. The molecule has 1 aliphatic rings. The van der Waals surface area contributed by atoms with Crippen LogP contribution in [-0.4, -0.2) is 19.3 Å². The molecular formula is C12H15Cl2NO.